The van der Waals surface area contributed by atoms with Crippen LogP contribution in [0.25, 0.3) is 12.2 Å². The molecule has 1 fully saturated rings. The number of nitrogens with zero attached hydrogens (tertiary/aromatic N) is 1. The van der Waals surface area contributed by atoms with E-state index >= 15 is 0 Å². The van der Waals surface area contributed by atoms with Crippen LogP contribution in [0.3, 0.4) is 0 Å². The number of carbonyl (C=O) groups is 1. The fourth-order valence-electron chi connectivity index (χ4n) is 3.01. The normalized spacial score (nSPS) is 15.9. The molecule has 3 rings (SSSR count). The van der Waals surface area contributed by atoms with Crippen molar-refractivity contribution in [3.05, 3.63) is 83.9 Å². The van der Waals surface area contributed by atoms with E-state index in [4.69, 9.17) is 0 Å². The van der Waals surface area contributed by atoms with E-state index in [1.807, 2.05) is 47.4 Å². The highest BCUT2D eigenvalue weighted by Crippen LogP contribution is 2.03. The SMILES string of the molecule is O=C(C=Cc1ccccc1)N1CC[NH+](CC=Cc2ccccc2)CC1. The zero-order valence-electron chi connectivity index (χ0n) is 14.5. The fourth-order valence-corrected chi connectivity index (χ4v) is 3.01. The van der Waals surface area contributed by atoms with Gasteiger partial charge < -0.3 is 9.80 Å². The number of quaternary nitrogens is 1. The van der Waals surface area contributed by atoms with Gasteiger partial charge >= 0.3 is 0 Å². The molecule has 1 amide bonds. The van der Waals surface area contributed by atoms with E-state index in [2.05, 4.69) is 36.4 Å². The Balaban J connectivity index is 1.43. The van der Waals surface area contributed by atoms with Crippen LogP contribution in [-0.4, -0.2) is 43.5 Å². The second kappa shape index (κ2) is 9.00. The predicted molar refractivity (Wildman–Crippen MR) is 103 cm³/mol. The number of hydrogen-bond acceptors (Lipinski definition) is 1. The summed E-state index contributed by atoms with van der Waals surface area (Å²) in [7, 11) is 0. The number of piperazine rings is 1. The van der Waals surface area contributed by atoms with Gasteiger partial charge in [0.25, 0.3) is 0 Å². The van der Waals surface area contributed by atoms with Crippen LogP contribution in [0.4, 0.5) is 0 Å². The minimum atomic E-state index is 0.114. The van der Waals surface area contributed by atoms with E-state index < -0.39 is 0 Å². The Morgan fingerprint density at radius 2 is 1.44 bits per heavy atom. The topological polar surface area (TPSA) is 24.8 Å². The lowest BCUT2D eigenvalue weighted by atomic mass is 10.2. The van der Waals surface area contributed by atoms with Crippen LogP contribution in [0.1, 0.15) is 11.1 Å². The summed E-state index contributed by atoms with van der Waals surface area (Å²) in [5, 5.41) is 0. The predicted octanol–water partition coefficient (Wildman–Crippen LogP) is 2.14. The molecule has 0 spiro atoms. The van der Waals surface area contributed by atoms with Crippen molar-refractivity contribution in [3.8, 4) is 0 Å². The summed E-state index contributed by atoms with van der Waals surface area (Å²) in [6.07, 6.45) is 7.99. The van der Waals surface area contributed by atoms with Crippen LogP contribution in [-0.2, 0) is 4.79 Å². The number of hydrogen-bond donors (Lipinski definition) is 1. The van der Waals surface area contributed by atoms with Gasteiger partial charge in [0.15, 0.2) is 0 Å². The van der Waals surface area contributed by atoms with Crippen LogP contribution < -0.4 is 4.90 Å². The number of carbonyl (C=O) groups excluding carboxylic acids is 1. The maximum Gasteiger partial charge on any atom is 0.246 e. The second-order valence-electron chi connectivity index (χ2n) is 6.34. The van der Waals surface area contributed by atoms with Gasteiger partial charge in [0.2, 0.25) is 5.91 Å². The number of nitrogens with one attached hydrogen (secondary N) is 1. The quantitative estimate of drug-likeness (QED) is 0.833. The molecule has 0 unspecified atom stereocenters. The lowest BCUT2D eigenvalue weighted by molar-refractivity contribution is -0.898. The molecule has 0 radical (unpaired) electrons. The van der Waals surface area contributed by atoms with Gasteiger partial charge in [-0.05, 0) is 23.3 Å². The maximum atomic E-state index is 12.3. The third kappa shape index (κ3) is 5.44. The molecule has 2 aromatic carbocycles. The first-order valence-corrected chi connectivity index (χ1v) is 8.88. The van der Waals surface area contributed by atoms with Crippen molar-refractivity contribution >= 4 is 18.1 Å². The Kier molecular flexibility index (Phi) is 6.18. The van der Waals surface area contributed by atoms with Gasteiger partial charge in [0.1, 0.15) is 0 Å². The summed E-state index contributed by atoms with van der Waals surface area (Å²) in [5.41, 5.74) is 2.30. The van der Waals surface area contributed by atoms with Gasteiger partial charge in [-0.15, -0.1) is 0 Å². The van der Waals surface area contributed by atoms with Gasteiger partial charge in [0, 0.05) is 6.08 Å². The zero-order valence-corrected chi connectivity index (χ0v) is 14.5. The summed E-state index contributed by atoms with van der Waals surface area (Å²) < 4.78 is 0. The van der Waals surface area contributed by atoms with Gasteiger partial charge in [-0.1, -0.05) is 66.7 Å². The molecule has 1 N–H and O–H groups in total. The molecule has 1 saturated heterocycles. The molecule has 1 aliphatic rings. The van der Waals surface area contributed by atoms with Crippen molar-refractivity contribution in [3.63, 3.8) is 0 Å². The third-order valence-electron chi connectivity index (χ3n) is 4.52. The molecule has 0 aromatic heterocycles. The summed E-state index contributed by atoms with van der Waals surface area (Å²) in [4.78, 5) is 15.8. The summed E-state index contributed by atoms with van der Waals surface area (Å²) >= 11 is 0. The first-order chi connectivity index (χ1) is 12.3. The van der Waals surface area contributed by atoms with Crippen LogP contribution in [0.5, 0.6) is 0 Å². The van der Waals surface area contributed by atoms with E-state index in [9.17, 15) is 4.79 Å². The molecule has 2 aromatic rings. The minimum Gasteiger partial charge on any atom is -0.329 e. The molecule has 3 heteroatoms. The van der Waals surface area contributed by atoms with Crippen LogP contribution in [0.15, 0.2) is 72.8 Å². The van der Waals surface area contributed by atoms with Crippen molar-refractivity contribution in [2.45, 2.75) is 0 Å². The molecular formula is C22H25N2O+. The second-order valence-corrected chi connectivity index (χ2v) is 6.34. The standard InChI is InChI=1S/C22H24N2O/c25-22(14-13-21-10-5-2-6-11-21)24-18-16-23(17-19-24)15-7-12-20-8-3-1-4-9-20/h1-14H,15-19H2/p+1. The van der Waals surface area contributed by atoms with Crippen molar-refractivity contribution in [1.29, 1.82) is 0 Å². The van der Waals surface area contributed by atoms with E-state index in [0.717, 1.165) is 38.3 Å². The Hall–Kier alpha value is -2.65. The molecule has 1 aliphatic heterocycles. The molecule has 128 valence electrons. The lowest BCUT2D eigenvalue weighted by Crippen LogP contribution is -3.14. The number of benzene rings is 2. The first kappa shape index (κ1) is 17.2. The van der Waals surface area contributed by atoms with Crippen molar-refractivity contribution in [2.75, 3.05) is 32.7 Å². The smallest absolute Gasteiger partial charge is 0.246 e. The lowest BCUT2D eigenvalue weighted by Gasteiger charge is -2.31. The monoisotopic (exact) mass is 333 g/mol. The first-order valence-electron chi connectivity index (χ1n) is 8.88. The number of rotatable bonds is 5. The zero-order chi connectivity index (χ0) is 17.3. The third-order valence-corrected chi connectivity index (χ3v) is 4.52. The Morgan fingerprint density at radius 3 is 2.04 bits per heavy atom. The van der Waals surface area contributed by atoms with Gasteiger partial charge in [0.05, 0.1) is 32.7 Å². The molecule has 0 bridgehead atoms. The Morgan fingerprint density at radius 1 is 0.880 bits per heavy atom. The molecule has 0 atom stereocenters. The van der Waals surface area contributed by atoms with Crippen molar-refractivity contribution < 1.29 is 9.69 Å². The van der Waals surface area contributed by atoms with Crippen LogP contribution >= 0.6 is 0 Å². The molecule has 3 nitrogen and oxygen atoms in total. The molecular weight excluding hydrogens is 308 g/mol. The van der Waals surface area contributed by atoms with E-state index in [1.165, 1.54) is 10.5 Å². The van der Waals surface area contributed by atoms with Crippen molar-refractivity contribution in [1.82, 2.24) is 4.90 Å². The summed E-state index contributed by atoms with van der Waals surface area (Å²) in [6, 6.07) is 20.3. The van der Waals surface area contributed by atoms with E-state index in [-0.39, 0.29) is 5.91 Å². The van der Waals surface area contributed by atoms with Gasteiger partial charge in [-0.3, -0.25) is 4.79 Å². The molecule has 1 heterocycles. The molecule has 0 saturated carbocycles. The average molecular weight is 333 g/mol. The summed E-state index contributed by atoms with van der Waals surface area (Å²) in [6.45, 7) is 4.67. The van der Waals surface area contributed by atoms with Gasteiger partial charge in [-0.2, -0.15) is 0 Å². The van der Waals surface area contributed by atoms with E-state index in [0.29, 0.717) is 0 Å². The number of amides is 1. The largest absolute Gasteiger partial charge is 0.329 e. The fraction of sp³-hybridized carbons (Fsp3) is 0.227. The summed E-state index contributed by atoms with van der Waals surface area (Å²) in [5.74, 6) is 0.114. The highest BCUT2D eigenvalue weighted by molar-refractivity contribution is 5.91. The maximum absolute atomic E-state index is 12.3. The molecule has 25 heavy (non-hydrogen) atoms. The Labute approximate surface area is 149 Å². The van der Waals surface area contributed by atoms with Crippen molar-refractivity contribution in [2.24, 2.45) is 0 Å². The minimum absolute atomic E-state index is 0.114. The highest BCUT2D eigenvalue weighted by atomic mass is 16.2. The van der Waals surface area contributed by atoms with Crippen LogP contribution in [0.2, 0.25) is 0 Å². The van der Waals surface area contributed by atoms with Gasteiger partial charge in [-0.25, -0.2) is 0 Å². The average Bonchev–Trinajstić information content (AvgIpc) is 2.68. The molecule has 0 aliphatic carbocycles. The highest BCUT2D eigenvalue weighted by Gasteiger charge is 2.21. The van der Waals surface area contributed by atoms with E-state index in [1.54, 1.807) is 6.08 Å². The van der Waals surface area contributed by atoms with Crippen LogP contribution in [0, 0.1) is 0 Å². The Bertz CT molecular complexity index is 714.